The molecular weight excluding hydrogens is 249 g/mol. The van der Waals surface area contributed by atoms with E-state index in [4.69, 9.17) is 11.6 Å². The Morgan fingerprint density at radius 3 is 2.67 bits per heavy atom. The number of hydrogen-bond acceptors (Lipinski definition) is 1. The topological polar surface area (TPSA) is 12.0 Å². The molecule has 2 rings (SSSR count). The van der Waals surface area contributed by atoms with E-state index in [0.29, 0.717) is 22.4 Å². The summed E-state index contributed by atoms with van der Waals surface area (Å²) in [6, 6.07) is 5.33. The Balaban J connectivity index is 2.09. The van der Waals surface area contributed by atoms with Gasteiger partial charge in [-0.1, -0.05) is 38.4 Å². The normalized spacial score (nSPS) is 22.8. The molecule has 1 saturated carbocycles. The molecule has 0 saturated heterocycles. The molecule has 0 aromatic heterocycles. The second-order valence-corrected chi connectivity index (χ2v) is 6.34. The lowest BCUT2D eigenvalue weighted by Crippen LogP contribution is -2.34. The molecule has 1 fully saturated rings. The van der Waals surface area contributed by atoms with Crippen LogP contribution in [0.5, 0.6) is 0 Å². The minimum atomic E-state index is -0.191. The van der Waals surface area contributed by atoms with Crippen molar-refractivity contribution in [3.63, 3.8) is 0 Å². The lowest BCUT2D eigenvalue weighted by atomic mass is 9.97. The summed E-state index contributed by atoms with van der Waals surface area (Å²) in [5.41, 5.74) is 1.16. The Morgan fingerprint density at radius 2 is 2.17 bits per heavy atom. The van der Waals surface area contributed by atoms with E-state index in [1.807, 2.05) is 0 Å². The Hall–Kier alpha value is -0.600. The molecule has 2 unspecified atom stereocenters. The van der Waals surface area contributed by atoms with Crippen LogP contribution in [0.3, 0.4) is 0 Å². The molecule has 1 N–H and O–H groups in total. The number of benzene rings is 1. The first-order valence-corrected chi connectivity index (χ1v) is 6.99. The molecule has 0 spiro atoms. The molecule has 0 amide bonds. The van der Waals surface area contributed by atoms with Gasteiger partial charge in [-0.15, -0.1) is 0 Å². The lowest BCUT2D eigenvalue weighted by molar-refractivity contribution is 0.405. The summed E-state index contributed by atoms with van der Waals surface area (Å²) in [4.78, 5) is 0. The van der Waals surface area contributed by atoms with E-state index in [2.05, 4.69) is 26.1 Å². The summed E-state index contributed by atoms with van der Waals surface area (Å²) >= 11 is 5.78. The first kappa shape index (κ1) is 13.8. The summed E-state index contributed by atoms with van der Waals surface area (Å²) in [6.45, 7) is 7.58. The van der Waals surface area contributed by atoms with Crippen LogP contribution < -0.4 is 5.32 Å². The van der Waals surface area contributed by atoms with Crippen LogP contribution in [0.25, 0.3) is 0 Å². The van der Waals surface area contributed by atoms with E-state index >= 15 is 0 Å². The molecule has 1 nitrogen and oxygen atoms in total. The molecule has 1 aromatic carbocycles. The highest BCUT2D eigenvalue weighted by molar-refractivity contribution is 6.30. The first-order chi connectivity index (χ1) is 8.44. The molecule has 3 heteroatoms. The molecule has 1 aliphatic rings. The van der Waals surface area contributed by atoms with Gasteiger partial charge in [0.1, 0.15) is 5.82 Å². The van der Waals surface area contributed by atoms with Gasteiger partial charge in [0.05, 0.1) is 0 Å². The lowest BCUT2D eigenvalue weighted by Gasteiger charge is -2.20. The maximum absolute atomic E-state index is 13.8. The average molecular weight is 270 g/mol. The molecule has 0 radical (unpaired) electrons. The largest absolute Gasteiger partial charge is 0.314 e. The highest BCUT2D eigenvalue weighted by atomic mass is 35.5. The standard InChI is InChI=1S/C15H21ClFN/c1-4-18-14(12-9-15(12,2)3)7-10-5-6-11(16)8-13(10)17/h5-6,8,12,14,18H,4,7,9H2,1-3H3. The predicted molar refractivity (Wildman–Crippen MR) is 74.5 cm³/mol. The molecule has 0 aliphatic heterocycles. The minimum Gasteiger partial charge on any atom is -0.314 e. The SMILES string of the molecule is CCNC(Cc1ccc(Cl)cc1F)C1CC1(C)C. The van der Waals surface area contributed by atoms with Crippen molar-refractivity contribution in [2.75, 3.05) is 6.54 Å². The Kier molecular flexibility index (Phi) is 3.98. The van der Waals surface area contributed by atoms with Crippen LogP contribution in [0.1, 0.15) is 32.8 Å². The molecule has 1 aromatic rings. The molecular formula is C15H21ClFN. The smallest absolute Gasteiger partial charge is 0.127 e. The molecule has 18 heavy (non-hydrogen) atoms. The third-order valence-electron chi connectivity index (χ3n) is 4.00. The maximum Gasteiger partial charge on any atom is 0.127 e. The molecule has 1 aliphatic carbocycles. The zero-order valence-corrected chi connectivity index (χ0v) is 12.0. The quantitative estimate of drug-likeness (QED) is 0.850. The van der Waals surface area contributed by atoms with Crippen LogP contribution in [-0.4, -0.2) is 12.6 Å². The average Bonchev–Trinajstić information content (AvgIpc) is 2.90. The van der Waals surface area contributed by atoms with Crippen LogP contribution in [0, 0.1) is 17.2 Å². The summed E-state index contributed by atoms with van der Waals surface area (Å²) < 4.78 is 13.8. The van der Waals surface area contributed by atoms with E-state index in [9.17, 15) is 4.39 Å². The number of likely N-dealkylation sites (N-methyl/N-ethyl adjacent to an activating group) is 1. The molecule has 0 bridgehead atoms. The monoisotopic (exact) mass is 269 g/mol. The first-order valence-electron chi connectivity index (χ1n) is 6.61. The highest BCUT2D eigenvalue weighted by Crippen LogP contribution is 2.54. The van der Waals surface area contributed by atoms with Gasteiger partial charge < -0.3 is 5.32 Å². The van der Waals surface area contributed by atoms with Crippen molar-refractivity contribution >= 4 is 11.6 Å². The fraction of sp³-hybridized carbons (Fsp3) is 0.600. The van der Waals surface area contributed by atoms with Crippen molar-refractivity contribution in [2.24, 2.45) is 11.3 Å². The minimum absolute atomic E-state index is 0.191. The van der Waals surface area contributed by atoms with Crippen LogP contribution in [0.4, 0.5) is 4.39 Å². The summed E-state index contributed by atoms with van der Waals surface area (Å²) in [5.74, 6) is 0.455. The number of halogens is 2. The zero-order chi connectivity index (χ0) is 13.3. The summed E-state index contributed by atoms with van der Waals surface area (Å²) in [5, 5.41) is 3.95. The van der Waals surface area contributed by atoms with Crippen molar-refractivity contribution in [2.45, 2.75) is 39.7 Å². The number of hydrogen-bond donors (Lipinski definition) is 1. The van der Waals surface area contributed by atoms with Crippen LogP contribution in [0.15, 0.2) is 18.2 Å². The van der Waals surface area contributed by atoms with Gasteiger partial charge in [0.15, 0.2) is 0 Å². The Morgan fingerprint density at radius 1 is 1.50 bits per heavy atom. The van der Waals surface area contributed by atoms with Gasteiger partial charge in [-0.05, 0) is 48.4 Å². The summed E-state index contributed by atoms with van der Waals surface area (Å²) in [6.07, 6.45) is 1.96. The van der Waals surface area contributed by atoms with Gasteiger partial charge in [-0.2, -0.15) is 0 Å². The maximum atomic E-state index is 13.8. The zero-order valence-electron chi connectivity index (χ0n) is 11.3. The van der Waals surface area contributed by atoms with Crippen LogP contribution in [-0.2, 0) is 6.42 Å². The van der Waals surface area contributed by atoms with Crippen molar-refractivity contribution < 1.29 is 4.39 Å². The second-order valence-electron chi connectivity index (χ2n) is 5.90. The molecule has 2 atom stereocenters. The van der Waals surface area contributed by atoms with Crippen molar-refractivity contribution in [1.82, 2.24) is 5.32 Å². The predicted octanol–water partition coefficient (Wildman–Crippen LogP) is 4.05. The van der Waals surface area contributed by atoms with E-state index in [1.54, 1.807) is 12.1 Å². The van der Waals surface area contributed by atoms with E-state index in [1.165, 1.54) is 12.5 Å². The van der Waals surface area contributed by atoms with E-state index < -0.39 is 0 Å². The van der Waals surface area contributed by atoms with Crippen molar-refractivity contribution in [3.05, 3.63) is 34.6 Å². The van der Waals surface area contributed by atoms with Gasteiger partial charge in [-0.3, -0.25) is 0 Å². The van der Waals surface area contributed by atoms with Crippen LogP contribution in [0.2, 0.25) is 5.02 Å². The third-order valence-corrected chi connectivity index (χ3v) is 4.23. The Bertz CT molecular complexity index is 431. The third kappa shape index (κ3) is 3.04. The molecule has 100 valence electrons. The highest BCUT2D eigenvalue weighted by Gasteiger charge is 2.49. The second kappa shape index (κ2) is 5.18. The Labute approximate surface area is 114 Å². The van der Waals surface area contributed by atoms with Gasteiger partial charge in [0.2, 0.25) is 0 Å². The fourth-order valence-corrected chi connectivity index (χ4v) is 2.90. The van der Waals surface area contributed by atoms with Crippen LogP contribution >= 0.6 is 11.6 Å². The number of nitrogens with one attached hydrogen (secondary N) is 1. The fourth-order valence-electron chi connectivity index (χ4n) is 2.74. The summed E-state index contributed by atoms with van der Waals surface area (Å²) in [7, 11) is 0. The van der Waals surface area contributed by atoms with E-state index in [-0.39, 0.29) is 5.82 Å². The van der Waals surface area contributed by atoms with Crippen molar-refractivity contribution in [3.8, 4) is 0 Å². The number of rotatable bonds is 5. The molecule has 0 heterocycles. The van der Waals surface area contributed by atoms with Gasteiger partial charge in [0.25, 0.3) is 0 Å². The van der Waals surface area contributed by atoms with Gasteiger partial charge >= 0.3 is 0 Å². The van der Waals surface area contributed by atoms with Crippen molar-refractivity contribution in [1.29, 1.82) is 0 Å². The van der Waals surface area contributed by atoms with Gasteiger partial charge in [0, 0.05) is 11.1 Å². The van der Waals surface area contributed by atoms with E-state index in [0.717, 1.165) is 18.5 Å². The van der Waals surface area contributed by atoms with Gasteiger partial charge in [-0.25, -0.2) is 4.39 Å².